The number of benzene rings is 3. The van der Waals surface area contributed by atoms with Crippen LogP contribution in [-0.4, -0.2) is 13.3 Å². The van der Waals surface area contributed by atoms with Gasteiger partial charge in [-0.2, -0.15) is 0 Å². The van der Waals surface area contributed by atoms with Gasteiger partial charge in [-0.25, -0.2) is 0 Å². The van der Waals surface area contributed by atoms with Crippen LogP contribution in [0, 0.1) is 16.2 Å². The van der Waals surface area contributed by atoms with E-state index < -0.39 is 0 Å². The van der Waals surface area contributed by atoms with Crippen molar-refractivity contribution in [1.29, 1.82) is 0 Å². The highest BCUT2D eigenvalue weighted by Gasteiger charge is 2.31. The highest BCUT2D eigenvalue weighted by atomic mass is 16.5. The second-order valence-electron chi connectivity index (χ2n) is 21.3. The summed E-state index contributed by atoms with van der Waals surface area (Å²) in [5.41, 5.74) is 18.7. The van der Waals surface area contributed by atoms with Crippen LogP contribution in [0.4, 0.5) is 0 Å². The zero-order valence-electron chi connectivity index (χ0n) is 36.5. The Morgan fingerprint density at radius 1 is 0.481 bits per heavy atom. The van der Waals surface area contributed by atoms with Gasteiger partial charge in [0.05, 0.1) is 19.9 Å². The van der Waals surface area contributed by atoms with Gasteiger partial charge in [0.25, 0.3) is 0 Å². The Labute approximate surface area is 320 Å². The summed E-state index contributed by atoms with van der Waals surface area (Å²) in [5, 5.41) is 0. The van der Waals surface area contributed by atoms with Crippen molar-refractivity contribution in [2.75, 3.05) is 13.3 Å². The molecule has 3 heteroatoms. The summed E-state index contributed by atoms with van der Waals surface area (Å²) < 4.78 is 12.2. The Morgan fingerprint density at radius 3 is 1.46 bits per heavy atom. The minimum atomic E-state index is -0.00944. The molecule has 0 bridgehead atoms. The molecule has 3 rings (SSSR count). The molecule has 52 heavy (non-hydrogen) atoms. The van der Waals surface area contributed by atoms with Gasteiger partial charge < -0.3 is 15.2 Å². The molecule has 0 saturated heterocycles. The fourth-order valence-corrected chi connectivity index (χ4v) is 9.23. The number of ether oxygens (including phenoxy) is 2. The summed E-state index contributed by atoms with van der Waals surface area (Å²) in [7, 11) is 0. The van der Waals surface area contributed by atoms with Crippen molar-refractivity contribution >= 4 is 0 Å². The number of hydrogen-bond donors (Lipinski definition) is 1. The molecular weight excluding hydrogens is 635 g/mol. The van der Waals surface area contributed by atoms with Gasteiger partial charge in [-0.05, 0) is 122 Å². The quantitative estimate of drug-likeness (QED) is 0.150. The lowest BCUT2D eigenvalue weighted by molar-refractivity contribution is 0.127. The van der Waals surface area contributed by atoms with E-state index in [1.807, 2.05) is 0 Å². The molecule has 0 fully saturated rings. The predicted octanol–water partition coefficient (Wildman–Crippen LogP) is 13.0. The van der Waals surface area contributed by atoms with Gasteiger partial charge in [-0.15, -0.1) is 0 Å². The maximum Gasteiger partial charge on any atom is 0.0944 e. The summed E-state index contributed by atoms with van der Waals surface area (Å²) in [5.74, 6) is 0. The number of hydrogen-bond acceptors (Lipinski definition) is 3. The van der Waals surface area contributed by atoms with Crippen LogP contribution in [0.5, 0.6) is 0 Å². The van der Waals surface area contributed by atoms with E-state index >= 15 is 0 Å². The van der Waals surface area contributed by atoms with Crippen molar-refractivity contribution in [3.63, 3.8) is 0 Å². The Morgan fingerprint density at radius 2 is 0.962 bits per heavy atom. The molecule has 3 nitrogen and oxygen atoms in total. The molecule has 2 N–H and O–H groups in total. The topological polar surface area (TPSA) is 44.5 Å². The van der Waals surface area contributed by atoms with Crippen LogP contribution in [0.2, 0.25) is 0 Å². The van der Waals surface area contributed by atoms with E-state index in [0.717, 1.165) is 32.1 Å². The predicted molar refractivity (Wildman–Crippen MR) is 225 cm³/mol. The third-order valence-electron chi connectivity index (χ3n) is 10.4. The van der Waals surface area contributed by atoms with E-state index in [1.165, 1.54) is 50.1 Å². The van der Waals surface area contributed by atoms with Crippen molar-refractivity contribution in [2.45, 2.75) is 172 Å². The molecule has 3 aromatic carbocycles. The Kier molecular flexibility index (Phi) is 14.3. The van der Waals surface area contributed by atoms with Gasteiger partial charge >= 0.3 is 0 Å². The van der Waals surface area contributed by atoms with Gasteiger partial charge in [0, 0.05) is 6.61 Å². The molecule has 0 aliphatic carbocycles. The normalized spacial score (nSPS) is 13.6. The average molecular weight is 712 g/mol. The first-order valence-corrected chi connectivity index (χ1v) is 20.0. The van der Waals surface area contributed by atoms with Gasteiger partial charge in [-0.3, -0.25) is 0 Å². The lowest BCUT2D eigenvalue weighted by Crippen LogP contribution is -2.26. The Bertz CT molecular complexity index is 1600. The molecule has 0 aromatic heterocycles. The molecule has 3 aromatic rings. The molecule has 0 radical (unpaired) electrons. The molecule has 0 unspecified atom stereocenters. The standard InChI is InChI=1S/C49H77NO2/c1-17-51-30-43-38(23-35-19-18-20-40(24-35)47(11,12)31-44(2,3)4)27-42(49(15,16)33-46(8,9)10)28-39(43)25-37-26-41(22-21-36(37)29-52-34-50)48(13,14)32-45(5,6)7/h18-22,24,26-28H,17,23,25,29-34,50H2,1-16H3. The minimum Gasteiger partial charge on any atom is -0.377 e. The van der Waals surface area contributed by atoms with Crippen LogP contribution in [0.15, 0.2) is 54.6 Å². The second kappa shape index (κ2) is 16.9. The molecule has 0 saturated carbocycles. The zero-order valence-corrected chi connectivity index (χ0v) is 36.5. The Balaban J connectivity index is 2.29. The molecule has 0 spiro atoms. The molecular formula is C49H77NO2. The first-order valence-electron chi connectivity index (χ1n) is 20.0. The van der Waals surface area contributed by atoms with Crippen LogP contribution < -0.4 is 5.73 Å². The smallest absolute Gasteiger partial charge is 0.0944 e. The third-order valence-corrected chi connectivity index (χ3v) is 10.4. The van der Waals surface area contributed by atoms with Crippen LogP contribution >= 0.6 is 0 Å². The molecule has 0 aliphatic rings. The van der Waals surface area contributed by atoms with Crippen molar-refractivity contribution < 1.29 is 9.47 Å². The van der Waals surface area contributed by atoms with E-state index in [0.29, 0.717) is 19.8 Å². The highest BCUT2D eigenvalue weighted by molar-refractivity contribution is 5.48. The fourth-order valence-electron chi connectivity index (χ4n) is 9.23. The van der Waals surface area contributed by atoms with Crippen molar-refractivity contribution in [2.24, 2.45) is 22.0 Å². The van der Waals surface area contributed by atoms with Crippen molar-refractivity contribution in [3.8, 4) is 0 Å². The lowest BCUT2D eigenvalue weighted by atomic mass is 9.70. The lowest BCUT2D eigenvalue weighted by Gasteiger charge is -2.35. The summed E-state index contributed by atoms with van der Waals surface area (Å²) in [4.78, 5) is 0. The largest absolute Gasteiger partial charge is 0.377 e. The molecule has 0 amide bonds. The summed E-state index contributed by atoms with van der Waals surface area (Å²) >= 11 is 0. The average Bonchev–Trinajstić information content (AvgIpc) is 2.96. The van der Waals surface area contributed by atoms with Gasteiger partial charge in [0.1, 0.15) is 0 Å². The van der Waals surface area contributed by atoms with Gasteiger partial charge in [0.2, 0.25) is 0 Å². The maximum atomic E-state index is 6.30. The highest BCUT2D eigenvalue weighted by Crippen LogP contribution is 2.41. The van der Waals surface area contributed by atoms with Crippen LogP contribution in [-0.2, 0) is 51.8 Å². The molecule has 290 valence electrons. The number of rotatable bonds is 16. The maximum absolute atomic E-state index is 6.30. The first-order chi connectivity index (χ1) is 23.8. The minimum absolute atomic E-state index is 0.00944. The van der Waals surface area contributed by atoms with Crippen molar-refractivity contribution in [1.82, 2.24) is 0 Å². The van der Waals surface area contributed by atoms with E-state index in [9.17, 15) is 0 Å². The third kappa shape index (κ3) is 13.1. The van der Waals surface area contributed by atoms with Crippen LogP contribution in [0.3, 0.4) is 0 Å². The van der Waals surface area contributed by atoms with Crippen molar-refractivity contribution in [3.05, 3.63) is 105 Å². The van der Waals surface area contributed by atoms with E-state index in [-0.39, 0.29) is 39.2 Å². The number of nitrogens with two attached hydrogens (primary N) is 1. The zero-order chi connectivity index (χ0) is 39.3. The van der Waals surface area contributed by atoms with E-state index in [1.54, 1.807) is 0 Å². The fraction of sp³-hybridized carbons (Fsp3) is 0.633. The molecule has 0 heterocycles. The van der Waals surface area contributed by atoms with E-state index in [4.69, 9.17) is 15.2 Å². The van der Waals surface area contributed by atoms with Gasteiger partial charge in [0.15, 0.2) is 0 Å². The first kappa shape index (κ1) is 43.9. The molecule has 0 aliphatic heterocycles. The summed E-state index contributed by atoms with van der Waals surface area (Å²) in [6, 6.07) is 21.4. The molecule has 0 atom stereocenters. The Hall–Kier alpha value is -2.46. The summed E-state index contributed by atoms with van der Waals surface area (Å²) in [6.07, 6.45) is 5.00. The second-order valence-corrected chi connectivity index (χ2v) is 21.3. The SMILES string of the molecule is CCOCc1c(Cc2cccc(C(C)(C)CC(C)(C)C)c2)cc(C(C)(C)CC(C)(C)C)cc1Cc1cc(C(C)(C)CC(C)(C)C)ccc1COCN. The van der Waals surface area contributed by atoms with Crippen LogP contribution in [0.1, 0.15) is 180 Å². The van der Waals surface area contributed by atoms with E-state index in [2.05, 4.69) is 165 Å². The van der Waals surface area contributed by atoms with Gasteiger partial charge in [-0.1, -0.05) is 158 Å². The van der Waals surface area contributed by atoms with Crippen LogP contribution in [0.25, 0.3) is 0 Å². The summed E-state index contributed by atoms with van der Waals surface area (Å²) in [6.45, 7) is 39.7. The monoisotopic (exact) mass is 712 g/mol.